The molecule has 0 aliphatic heterocycles. The molecule has 120 valence electrons. The lowest BCUT2D eigenvalue weighted by Crippen LogP contribution is -2.04. The average molecular weight is 332 g/mol. The number of methoxy groups -OCH3 is 1. The predicted molar refractivity (Wildman–Crippen MR) is 91.5 cm³/mol. The molecule has 2 aromatic heterocycles. The van der Waals surface area contributed by atoms with E-state index in [1.807, 2.05) is 49.6 Å². The van der Waals surface area contributed by atoms with Gasteiger partial charge >= 0.3 is 0 Å². The monoisotopic (exact) mass is 331 g/mol. The third-order valence-electron chi connectivity index (χ3n) is 3.97. The van der Waals surface area contributed by atoms with E-state index in [0.29, 0.717) is 16.6 Å². The number of benzene rings is 1. The van der Waals surface area contributed by atoms with Gasteiger partial charge in [-0.1, -0.05) is 16.8 Å². The Bertz CT molecular complexity index is 844. The fourth-order valence-corrected chi connectivity index (χ4v) is 3.00. The van der Waals surface area contributed by atoms with Crippen molar-refractivity contribution in [2.75, 3.05) is 12.8 Å². The van der Waals surface area contributed by atoms with Crippen LogP contribution < -0.4 is 10.5 Å². The number of aryl methyl sites for hydroxylation is 2. The Morgan fingerprint density at radius 3 is 2.35 bits per heavy atom. The molecular weight excluding hydrogens is 314 g/mol. The molecule has 0 atom stereocenters. The minimum absolute atomic E-state index is 0.579. The summed E-state index contributed by atoms with van der Waals surface area (Å²) in [6.45, 7) is 5.64. The van der Waals surface area contributed by atoms with E-state index in [2.05, 4.69) is 5.16 Å². The van der Waals surface area contributed by atoms with Gasteiger partial charge in [-0.25, -0.2) is 0 Å². The number of anilines is 1. The molecule has 0 spiro atoms. The highest BCUT2D eigenvalue weighted by Crippen LogP contribution is 2.40. The number of ether oxygens (including phenoxy) is 1. The van der Waals surface area contributed by atoms with Gasteiger partial charge in [0.1, 0.15) is 22.9 Å². The van der Waals surface area contributed by atoms with Gasteiger partial charge in [-0.05, 0) is 45.0 Å². The molecule has 0 amide bonds. The summed E-state index contributed by atoms with van der Waals surface area (Å²) in [7, 11) is 1.64. The molecule has 1 aromatic carbocycles. The van der Waals surface area contributed by atoms with Gasteiger partial charge in [0.2, 0.25) is 0 Å². The molecule has 0 saturated carbocycles. The molecule has 0 aliphatic carbocycles. The van der Waals surface area contributed by atoms with Crippen molar-refractivity contribution < 1.29 is 9.26 Å². The van der Waals surface area contributed by atoms with Crippen LogP contribution in [0, 0.1) is 20.8 Å². The lowest BCUT2D eigenvalue weighted by atomic mass is 10.1. The van der Waals surface area contributed by atoms with Gasteiger partial charge in [0.25, 0.3) is 0 Å². The number of hydrogen-bond donors (Lipinski definition) is 1. The SMILES string of the molecule is COc1ccc(-c2c(Cl)c(C)c(N)n2-c2c(C)noc2C)cc1. The highest BCUT2D eigenvalue weighted by molar-refractivity contribution is 6.34. The number of nitrogens with zero attached hydrogens (tertiary/aromatic N) is 2. The molecule has 5 nitrogen and oxygen atoms in total. The first kappa shape index (κ1) is 15.5. The number of aromatic nitrogens is 2. The van der Waals surface area contributed by atoms with Gasteiger partial charge in [-0.15, -0.1) is 0 Å². The fraction of sp³-hybridized carbons (Fsp3) is 0.235. The van der Waals surface area contributed by atoms with E-state index in [1.165, 1.54) is 0 Å². The van der Waals surface area contributed by atoms with Crippen molar-refractivity contribution in [2.24, 2.45) is 0 Å². The van der Waals surface area contributed by atoms with Crippen LogP contribution in [-0.4, -0.2) is 16.8 Å². The van der Waals surface area contributed by atoms with Crippen molar-refractivity contribution in [3.63, 3.8) is 0 Å². The van der Waals surface area contributed by atoms with E-state index < -0.39 is 0 Å². The van der Waals surface area contributed by atoms with Crippen LogP contribution in [-0.2, 0) is 0 Å². The second-order valence-corrected chi connectivity index (χ2v) is 5.79. The molecule has 2 heterocycles. The van der Waals surface area contributed by atoms with Crippen molar-refractivity contribution in [1.82, 2.24) is 9.72 Å². The van der Waals surface area contributed by atoms with E-state index in [1.54, 1.807) is 7.11 Å². The highest BCUT2D eigenvalue weighted by atomic mass is 35.5. The average Bonchev–Trinajstić information content (AvgIpc) is 2.99. The quantitative estimate of drug-likeness (QED) is 0.777. The van der Waals surface area contributed by atoms with Gasteiger partial charge in [0.05, 0.1) is 17.8 Å². The van der Waals surface area contributed by atoms with Crippen LogP contribution in [0.5, 0.6) is 5.75 Å². The van der Waals surface area contributed by atoms with Crippen molar-refractivity contribution >= 4 is 17.4 Å². The summed E-state index contributed by atoms with van der Waals surface area (Å²) in [5.41, 5.74) is 10.5. The molecule has 23 heavy (non-hydrogen) atoms. The molecule has 3 aromatic rings. The van der Waals surface area contributed by atoms with Crippen LogP contribution in [0.1, 0.15) is 17.0 Å². The Kier molecular flexibility index (Phi) is 3.82. The number of nitrogen functional groups attached to an aromatic ring is 1. The van der Waals surface area contributed by atoms with E-state index in [9.17, 15) is 0 Å². The molecule has 0 unspecified atom stereocenters. The van der Waals surface area contributed by atoms with E-state index >= 15 is 0 Å². The largest absolute Gasteiger partial charge is 0.497 e. The molecule has 6 heteroatoms. The van der Waals surface area contributed by atoms with Crippen LogP contribution in [0.15, 0.2) is 28.8 Å². The zero-order chi connectivity index (χ0) is 16.7. The Hall–Kier alpha value is -2.40. The smallest absolute Gasteiger partial charge is 0.157 e. The Morgan fingerprint density at radius 1 is 1.17 bits per heavy atom. The minimum atomic E-state index is 0.579. The second-order valence-electron chi connectivity index (χ2n) is 5.41. The maximum atomic E-state index is 6.57. The minimum Gasteiger partial charge on any atom is -0.497 e. The van der Waals surface area contributed by atoms with Crippen molar-refractivity contribution in [2.45, 2.75) is 20.8 Å². The van der Waals surface area contributed by atoms with Crippen LogP contribution in [0.4, 0.5) is 5.82 Å². The van der Waals surface area contributed by atoms with Gasteiger partial charge in [-0.3, -0.25) is 4.57 Å². The lowest BCUT2D eigenvalue weighted by Gasteiger charge is -2.12. The maximum absolute atomic E-state index is 6.57. The van der Waals surface area contributed by atoms with Crippen LogP contribution in [0.2, 0.25) is 5.02 Å². The summed E-state index contributed by atoms with van der Waals surface area (Å²) in [5, 5.41) is 4.64. The Labute approximate surface area is 139 Å². The second kappa shape index (κ2) is 5.66. The standard InChI is InChI=1S/C17H18ClN3O2/c1-9-14(18)16(12-5-7-13(22-4)8-6-12)21(17(9)19)15-10(2)20-23-11(15)3/h5-8H,19H2,1-4H3. The fourth-order valence-electron chi connectivity index (χ4n) is 2.71. The molecule has 0 saturated heterocycles. The van der Waals surface area contributed by atoms with Crippen LogP contribution in [0.25, 0.3) is 16.9 Å². The normalized spacial score (nSPS) is 11.0. The first-order valence-electron chi connectivity index (χ1n) is 7.19. The summed E-state index contributed by atoms with van der Waals surface area (Å²) in [6.07, 6.45) is 0. The van der Waals surface area contributed by atoms with Gasteiger partial charge in [0.15, 0.2) is 5.76 Å². The summed E-state index contributed by atoms with van der Waals surface area (Å²) in [6, 6.07) is 7.69. The highest BCUT2D eigenvalue weighted by Gasteiger charge is 2.24. The van der Waals surface area contributed by atoms with Gasteiger partial charge in [-0.2, -0.15) is 0 Å². The van der Waals surface area contributed by atoms with E-state index in [4.69, 9.17) is 26.6 Å². The Balaban J connectivity index is 2.30. The first-order chi connectivity index (χ1) is 11.0. The molecule has 0 bridgehead atoms. The lowest BCUT2D eigenvalue weighted by molar-refractivity contribution is 0.393. The molecule has 0 radical (unpaired) electrons. The van der Waals surface area contributed by atoms with Crippen molar-refractivity contribution in [1.29, 1.82) is 0 Å². The van der Waals surface area contributed by atoms with Crippen molar-refractivity contribution in [3.8, 4) is 22.7 Å². The molecule has 2 N–H and O–H groups in total. The molecule has 3 rings (SSSR count). The Morgan fingerprint density at radius 2 is 1.83 bits per heavy atom. The van der Waals surface area contributed by atoms with E-state index in [-0.39, 0.29) is 0 Å². The number of halogens is 1. The summed E-state index contributed by atoms with van der Waals surface area (Å²) >= 11 is 6.57. The van der Waals surface area contributed by atoms with Crippen LogP contribution >= 0.6 is 11.6 Å². The van der Waals surface area contributed by atoms with E-state index in [0.717, 1.165) is 34.0 Å². The zero-order valence-electron chi connectivity index (χ0n) is 13.5. The maximum Gasteiger partial charge on any atom is 0.157 e. The summed E-state index contributed by atoms with van der Waals surface area (Å²) in [4.78, 5) is 0. The molecule has 0 aliphatic rings. The number of nitrogens with two attached hydrogens (primary N) is 1. The zero-order valence-corrected chi connectivity index (χ0v) is 14.2. The van der Waals surface area contributed by atoms with Crippen molar-refractivity contribution in [3.05, 3.63) is 46.3 Å². The number of rotatable bonds is 3. The third-order valence-corrected chi connectivity index (χ3v) is 4.43. The predicted octanol–water partition coefficient (Wildman–Crippen LogP) is 4.30. The summed E-state index contributed by atoms with van der Waals surface area (Å²) in [5.74, 6) is 2.05. The topological polar surface area (TPSA) is 66.2 Å². The molecular formula is C17H18ClN3O2. The van der Waals surface area contributed by atoms with Crippen LogP contribution in [0.3, 0.4) is 0 Å². The number of hydrogen-bond acceptors (Lipinski definition) is 4. The molecule has 0 fully saturated rings. The summed E-state index contributed by atoms with van der Waals surface area (Å²) < 4.78 is 12.4. The van der Waals surface area contributed by atoms with Gasteiger partial charge < -0.3 is 15.0 Å². The van der Waals surface area contributed by atoms with Gasteiger partial charge in [0, 0.05) is 11.1 Å². The third kappa shape index (κ3) is 2.37. The first-order valence-corrected chi connectivity index (χ1v) is 7.57.